The molecule has 0 saturated heterocycles. The van der Waals surface area contributed by atoms with Crippen molar-refractivity contribution in [3.05, 3.63) is 0 Å². The van der Waals surface area contributed by atoms with E-state index in [0.717, 1.165) is 70.6 Å². The summed E-state index contributed by atoms with van der Waals surface area (Å²) >= 11 is 0. The van der Waals surface area contributed by atoms with Gasteiger partial charge in [-0.1, -0.05) is 46.0 Å². The molecule has 0 heterocycles. The zero-order valence-electron chi connectivity index (χ0n) is 18.9. The zero-order chi connectivity index (χ0) is 21.9. The highest BCUT2D eigenvalue weighted by Gasteiger charge is 2.15. The third-order valence-electron chi connectivity index (χ3n) is 5.13. The number of carboxylic acids is 1. The predicted octanol–water partition coefficient (Wildman–Crippen LogP) is 5.33. The van der Waals surface area contributed by atoms with Crippen molar-refractivity contribution < 1.29 is 24.2 Å². The van der Waals surface area contributed by atoms with Crippen LogP contribution in [0.15, 0.2) is 0 Å². The molecule has 6 heteroatoms. The number of amides is 1. The standard InChI is InChI=1S/C23H43NO5/c1-4-6-10-14-21(29-23(28)17-7-5-2)15-13-19-24(20(3)25)18-12-9-8-11-16-22(26)27/h21H,4-19H2,1-3H3,(H,26,27). The third kappa shape index (κ3) is 17.0. The van der Waals surface area contributed by atoms with Gasteiger partial charge >= 0.3 is 11.9 Å². The van der Waals surface area contributed by atoms with Crippen LogP contribution in [0.1, 0.15) is 111 Å². The number of unbranched alkanes of at least 4 members (excludes halogenated alkanes) is 6. The summed E-state index contributed by atoms with van der Waals surface area (Å²) in [5.74, 6) is -0.782. The van der Waals surface area contributed by atoms with Crippen LogP contribution in [-0.2, 0) is 19.1 Å². The third-order valence-corrected chi connectivity index (χ3v) is 5.13. The van der Waals surface area contributed by atoms with Gasteiger partial charge < -0.3 is 14.7 Å². The lowest BCUT2D eigenvalue weighted by atomic mass is 10.1. The average molecular weight is 414 g/mol. The van der Waals surface area contributed by atoms with Crippen molar-refractivity contribution in [1.29, 1.82) is 0 Å². The van der Waals surface area contributed by atoms with E-state index in [4.69, 9.17) is 9.84 Å². The van der Waals surface area contributed by atoms with Gasteiger partial charge in [-0.15, -0.1) is 0 Å². The predicted molar refractivity (Wildman–Crippen MR) is 116 cm³/mol. The Hall–Kier alpha value is -1.59. The Morgan fingerprint density at radius 2 is 1.41 bits per heavy atom. The van der Waals surface area contributed by atoms with Crippen LogP contribution >= 0.6 is 0 Å². The fourth-order valence-electron chi connectivity index (χ4n) is 3.32. The van der Waals surface area contributed by atoms with Crippen LogP contribution in [0.5, 0.6) is 0 Å². The Balaban J connectivity index is 4.27. The van der Waals surface area contributed by atoms with Gasteiger partial charge in [0.05, 0.1) is 0 Å². The van der Waals surface area contributed by atoms with E-state index >= 15 is 0 Å². The lowest BCUT2D eigenvalue weighted by Gasteiger charge is -2.23. The van der Waals surface area contributed by atoms with Crippen molar-refractivity contribution in [1.82, 2.24) is 4.90 Å². The maximum absolute atomic E-state index is 12.0. The number of aliphatic carboxylic acids is 1. The average Bonchev–Trinajstić information content (AvgIpc) is 2.67. The minimum absolute atomic E-state index is 0.0456. The first-order valence-corrected chi connectivity index (χ1v) is 11.6. The molecule has 0 aromatic heterocycles. The van der Waals surface area contributed by atoms with Crippen LogP contribution in [-0.4, -0.2) is 47.0 Å². The quantitative estimate of drug-likeness (QED) is 0.228. The first kappa shape index (κ1) is 27.4. The molecule has 0 radical (unpaired) electrons. The van der Waals surface area contributed by atoms with Gasteiger partial charge in [0.25, 0.3) is 0 Å². The zero-order valence-corrected chi connectivity index (χ0v) is 18.9. The lowest BCUT2D eigenvalue weighted by Crippen LogP contribution is -2.31. The van der Waals surface area contributed by atoms with Crippen molar-refractivity contribution in [3.63, 3.8) is 0 Å². The van der Waals surface area contributed by atoms with Gasteiger partial charge in [0.2, 0.25) is 5.91 Å². The highest BCUT2D eigenvalue weighted by molar-refractivity contribution is 5.73. The fourth-order valence-corrected chi connectivity index (χ4v) is 3.32. The molecule has 0 bridgehead atoms. The SMILES string of the molecule is CCCCCC(CCCN(CCCCCCC(=O)O)C(C)=O)OC(=O)CCCC. The maximum Gasteiger partial charge on any atom is 0.306 e. The van der Waals surface area contributed by atoms with Crippen LogP contribution in [0.2, 0.25) is 0 Å². The van der Waals surface area contributed by atoms with Crippen molar-refractivity contribution in [3.8, 4) is 0 Å². The Bertz CT molecular complexity index is 453. The topological polar surface area (TPSA) is 83.9 Å². The number of carbonyl (C=O) groups excluding carboxylic acids is 2. The molecule has 0 rings (SSSR count). The molecule has 1 unspecified atom stereocenters. The fraction of sp³-hybridized carbons (Fsp3) is 0.870. The molecule has 0 saturated carbocycles. The molecule has 170 valence electrons. The normalized spacial score (nSPS) is 11.8. The maximum atomic E-state index is 12.0. The van der Waals surface area contributed by atoms with Gasteiger partial charge in [-0.2, -0.15) is 0 Å². The summed E-state index contributed by atoms with van der Waals surface area (Å²) in [6, 6.07) is 0. The van der Waals surface area contributed by atoms with Gasteiger partial charge in [-0.25, -0.2) is 0 Å². The van der Waals surface area contributed by atoms with Gasteiger partial charge in [0, 0.05) is 32.9 Å². The second-order valence-electron chi connectivity index (χ2n) is 7.92. The molecular weight excluding hydrogens is 370 g/mol. The smallest absolute Gasteiger partial charge is 0.306 e. The number of nitrogens with zero attached hydrogens (tertiary/aromatic N) is 1. The van der Waals surface area contributed by atoms with Crippen molar-refractivity contribution in [2.24, 2.45) is 0 Å². The van der Waals surface area contributed by atoms with E-state index < -0.39 is 5.97 Å². The van der Waals surface area contributed by atoms with Crippen LogP contribution in [0.3, 0.4) is 0 Å². The number of carboxylic acid groups (broad SMARTS) is 1. The second-order valence-corrected chi connectivity index (χ2v) is 7.92. The molecular formula is C23H43NO5. The van der Waals surface area contributed by atoms with E-state index in [-0.39, 0.29) is 24.4 Å². The van der Waals surface area contributed by atoms with Crippen LogP contribution in [0, 0.1) is 0 Å². The summed E-state index contributed by atoms with van der Waals surface area (Å²) < 4.78 is 5.70. The van der Waals surface area contributed by atoms with Crippen molar-refractivity contribution >= 4 is 17.8 Å². The monoisotopic (exact) mass is 413 g/mol. The Kier molecular flexibility index (Phi) is 17.4. The molecule has 29 heavy (non-hydrogen) atoms. The first-order chi connectivity index (χ1) is 13.9. The molecule has 1 amide bonds. The van der Waals surface area contributed by atoms with Gasteiger partial charge in [0.15, 0.2) is 0 Å². The van der Waals surface area contributed by atoms with E-state index in [0.29, 0.717) is 25.9 Å². The largest absolute Gasteiger partial charge is 0.481 e. The molecule has 1 N–H and O–H groups in total. The summed E-state index contributed by atoms with van der Waals surface area (Å²) in [5.41, 5.74) is 0. The highest BCUT2D eigenvalue weighted by Crippen LogP contribution is 2.15. The van der Waals surface area contributed by atoms with Crippen LogP contribution in [0.25, 0.3) is 0 Å². The van der Waals surface area contributed by atoms with Crippen molar-refractivity contribution in [2.45, 2.75) is 117 Å². The Labute approximate surface area is 177 Å². The van der Waals surface area contributed by atoms with E-state index in [1.54, 1.807) is 6.92 Å². The van der Waals surface area contributed by atoms with E-state index in [1.807, 2.05) is 4.90 Å². The minimum Gasteiger partial charge on any atom is -0.481 e. The minimum atomic E-state index is -0.751. The highest BCUT2D eigenvalue weighted by atomic mass is 16.5. The van der Waals surface area contributed by atoms with Crippen LogP contribution in [0.4, 0.5) is 0 Å². The lowest BCUT2D eigenvalue weighted by molar-refractivity contribution is -0.150. The second kappa shape index (κ2) is 18.4. The van der Waals surface area contributed by atoms with Gasteiger partial charge in [0.1, 0.15) is 6.10 Å². The van der Waals surface area contributed by atoms with Gasteiger partial charge in [-0.05, 0) is 44.9 Å². The number of ether oxygens (including phenoxy) is 1. The van der Waals surface area contributed by atoms with E-state index in [9.17, 15) is 14.4 Å². The summed E-state index contributed by atoms with van der Waals surface area (Å²) in [5, 5.41) is 8.65. The molecule has 0 fully saturated rings. The number of rotatable bonds is 19. The molecule has 0 aliphatic carbocycles. The van der Waals surface area contributed by atoms with Crippen LogP contribution < -0.4 is 0 Å². The Morgan fingerprint density at radius 3 is 2.03 bits per heavy atom. The first-order valence-electron chi connectivity index (χ1n) is 11.6. The summed E-state index contributed by atoms with van der Waals surface area (Å²) in [6.07, 6.45) is 11.8. The molecule has 0 aromatic carbocycles. The summed E-state index contributed by atoms with van der Waals surface area (Å²) in [7, 11) is 0. The molecule has 1 atom stereocenters. The van der Waals surface area contributed by atoms with Gasteiger partial charge in [-0.3, -0.25) is 14.4 Å². The number of esters is 1. The van der Waals surface area contributed by atoms with E-state index in [2.05, 4.69) is 13.8 Å². The number of carbonyl (C=O) groups is 3. The molecule has 0 aromatic rings. The number of hydrogen-bond donors (Lipinski definition) is 1. The van der Waals surface area contributed by atoms with E-state index in [1.165, 1.54) is 0 Å². The summed E-state index contributed by atoms with van der Waals surface area (Å²) in [6.45, 7) is 7.21. The molecule has 0 spiro atoms. The number of hydrogen-bond acceptors (Lipinski definition) is 4. The Morgan fingerprint density at radius 1 is 0.793 bits per heavy atom. The molecule has 0 aliphatic heterocycles. The summed E-state index contributed by atoms with van der Waals surface area (Å²) in [4.78, 5) is 36.3. The molecule has 6 nitrogen and oxygen atoms in total. The van der Waals surface area contributed by atoms with Crippen molar-refractivity contribution in [2.75, 3.05) is 13.1 Å². The molecule has 0 aliphatic rings.